The van der Waals surface area contributed by atoms with Crippen LogP contribution < -0.4 is 5.32 Å². The second-order valence-electron chi connectivity index (χ2n) is 7.98. The van der Waals surface area contributed by atoms with Gasteiger partial charge in [-0.15, -0.1) is 0 Å². The lowest BCUT2D eigenvalue weighted by Gasteiger charge is -2.10. The van der Waals surface area contributed by atoms with Gasteiger partial charge in [-0.2, -0.15) is 0 Å². The van der Waals surface area contributed by atoms with Crippen molar-refractivity contribution in [2.24, 2.45) is 0 Å². The minimum Gasteiger partial charge on any atom is -0.468 e. The number of nitrogens with zero attached hydrogens (tertiary/aromatic N) is 1. The molecule has 0 fully saturated rings. The molecule has 0 bridgehead atoms. The van der Waals surface area contributed by atoms with Crippen LogP contribution in [0, 0.1) is 0 Å². The molecule has 0 saturated carbocycles. The molecule has 0 unspecified atom stereocenters. The fourth-order valence-corrected chi connectivity index (χ4v) is 3.98. The molecule has 0 saturated heterocycles. The summed E-state index contributed by atoms with van der Waals surface area (Å²) in [7, 11) is 1.38. The summed E-state index contributed by atoms with van der Waals surface area (Å²) >= 11 is 0. The summed E-state index contributed by atoms with van der Waals surface area (Å²) in [4.78, 5) is 16.5. The highest BCUT2D eigenvalue weighted by molar-refractivity contribution is 5.85. The highest BCUT2D eigenvalue weighted by atomic mass is 16.5. The zero-order valence-electron chi connectivity index (χ0n) is 19.3. The molecule has 5 heteroatoms. The molecule has 1 heterocycles. The Kier molecular flexibility index (Phi) is 6.39. The van der Waals surface area contributed by atoms with Gasteiger partial charge in [0.15, 0.2) is 5.76 Å². The van der Waals surface area contributed by atoms with Crippen LogP contribution in [0.3, 0.4) is 0 Å². The normalized spacial score (nSPS) is 10.7. The van der Waals surface area contributed by atoms with Crippen molar-refractivity contribution in [3.05, 3.63) is 109 Å². The third-order valence-corrected chi connectivity index (χ3v) is 5.71. The highest BCUT2D eigenvalue weighted by Gasteiger charge is 2.20. The molecule has 4 aromatic carbocycles. The Hall–Kier alpha value is -4.64. The molecule has 5 rings (SSSR count). The first-order valence-electron chi connectivity index (χ1n) is 11.3. The van der Waals surface area contributed by atoms with E-state index in [1.165, 1.54) is 7.11 Å². The van der Waals surface area contributed by atoms with E-state index in [1.807, 2.05) is 109 Å². The molecule has 0 amide bonds. The van der Waals surface area contributed by atoms with Crippen molar-refractivity contribution in [1.29, 1.82) is 0 Å². The van der Waals surface area contributed by atoms with E-state index in [0.717, 1.165) is 45.0 Å². The van der Waals surface area contributed by atoms with E-state index in [4.69, 9.17) is 14.1 Å². The van der Waals surface area contributed by atoms with Gasteiger partial charge in [-0.1, -0.05) is 91.0 Å². The second-order valence-corrected chi connectivity index (χ2v) is 7.98. The molecule has 1 N–H and O–H groups in total. The number of benzene rings is 4. The number of ether oxygens (including phenoxy) is 1. The van der Waals surface area contributed by atoms with E-state index in [0.29, 0.717) is 5.89 Å². The van der Waals surface area contributed by atoms with Crippen LogP contribution in [0.4, 0.5) is 5.69 Å². The summed E-state index contributed by atoms with van der Waals surface area (Å²) in [6, 6.07) is 36.0. The Morgan fingerprint density at radius 1 is 0.771 bits per heavy atom. The molecular weight excluding hydrogens is 436 g/mol. The van der Waals surface area contributed by atoms with Crippen LogP contribution in [0.5, 0.6) is 0 Å². The monoisotopic (exact) mass is 460 g/mol. The number of oxazole rings is 1. The predicted molar refractivity (Wildman–Crippen MR) is 139 cm³/mol. The molecule has 0 atom stereocenters. The molecule has 172 valence electrons. The maximum atomic E-state index is 11.5. The van der Waals surface area contributed by atoms with Crippen molar-refractivity contribution in [1.82, 2.24) is 4.98 Å². The van der Waals surface area contributed by atoms with Gasteiger partial charge in [0.05, 0.1) is 7.11 Å². The average Bonchev–Trinajstić information content (AvgIpc) is 3.38. The van der Waals surface area contributed by atoms with Crippen molar-refractivity contribution in [2.75, 3.05) is 19.0 Å². The molecule has 0 spiro atoms. The van der Waals surface area contributed by atoms with Gasteiger partial charge >= 0.3 is 5.97 Å². The van der Waals surface area contributed by atoms with Gasteiger partial charge in [0, 0.05) is 22.4 Å². The third-order valence-electron chi connectivity index (χ3n) is 5.71. The Bertz CT molecular complexity index is 1390. The van der Waals surface area contributed by atoms with E-state index in [9.17, 15) is 4.79 Å². The molecule has 0 radical (unpaired) electrons. The maximum Gasteiger partial charge on any atom is 0.325 e. The molecule has 1 aromatic heterocycles. The van der Waals surface area contributed by atoms with Crippen LogP contribution in [-0.2, 0) is 9.53 Å². The Morgan fingerprint density at radius 2 is 1.40 bits per heavy atom. The maximum absolute atomic E-state index is 11.5. The number of nitrogens with one attached hydrogen (secondary N) is 1. The number of hydrogen-bond acceptors (Lipinski definition) is 5. The first-order valence-corrected chi connectivity index (χ1v) is 11.3. The van der Waals surface area contributed by atoms with E-state index >= 15 is 0 Å². The van der Waals surface area contributed by atoms with Crippen molar-refractivity contribution in [3.8, 4) is 45.2 Å². The van der Waals surface area contributed by atoms with Gasteiger partial charge in [0.1, 0.15) is 12.2 Å². The summed E-state index contributed by atoms with van der Waals surface area (Å²) in [5.41, 5.74) is 6.44. The topological polar surface area (TPSA) is 64.4 Å². The molecule has 0 aliphatic carbocycles. The van der Waals surface area contributed by atoms with Crippen LogP contribution in [0.2, 0.25) is 0 Å². The summed E-state index contributed by atoms with van der Waals surface area (Å²) in [5, 5.41) is 3.11. The Morgan fingerprint density at radius 3 is 2.11 bits per heavy atom. The van der Waals surface area contributed by atoms with E-state index in [-0.39, 0.29) is 12.5 Å². The van der Waals surface area contributed by atoms with Gasteiger partial charge in [-0.05, 0) is 29.3 Å². The lowest BCUT2D eigenvalue weighted by molar-refractivity contribution is -0.138. The van der Waals surface area contributed by atoms with Crippen LogP contribution in [0.1, 0.15) is 0 Å². The summed E-state index contributed by atoms with van der Waals surface area (Å²) < 4.78 is 11.2. The quantitative estimate of drug-likeness (QED) is 0.267. The molecule has 5 aromatic rings. The van der Waals surface area contributed by atoms with Gasteiger partial charge in [0.2, 0.25) is 5.89 Å². The van der Waals surface area contributed by atoms with E-state index in [1.54, 1.807) is 0 Å². The smallest absolute Gasteiger partial charge is 0.325 e. The summed E-state index contributed by atoms with van der Waals surface area (Å²) in [6.07, 6.45) is 0. The lowest BCUT2D eigenvalue weighted by atomic mass is 9.99. The standard InChI is InChI=1S/C30H24N2O3/c1-34-27(33)20-31-24-16-10-15-23(19-24)25-17-8-9-18-26(25)30-32-28(21-11-4-2-5-12-21)29(35-30)22-13-6-3-7-14-22/h2-19,31H,20H2,1H3. The van der Waals surface area contributed by atoms with Gasteiger partial charge in [-0.3, -0.25) is 4.79 Å². The minimum absolute atomic E-state index is 0.0994. The zero-order valence-corrected chi connectivity index (χ0v) is 19.3. The number of carbonyl (C=O) groups excluding carboxylic acids is 1. The largest absolute Gasteiger partial charge is 0.468 e. The van der Waals surface area contributed by atoms with Crippen LogP contribution >= 0.6 is 0 Å². The molecule has 0 aliphatic rings. The van der Waals surface area contributed by atoms with Crippen LogP contribution in [0.25, 0.3) is 45.2 Å². The number of rotatable bonds is 7. The van der Waals surface area contributed by atoms with Crippen LogP contribution in [-0.4, -0.2) is 24.6 Å². The summed E-state index contributed by atoms with van der Waals surface area (Å²) in [6.45, 7) is 0.0994. The van der Waals surface area contributed by atoms with Gasteiger partial charge < -0.3 is 14.5 Å². The first-order chi connectivity index (χ1) is 17.2. The summed E-state index contributed by atoms with van der Waals surface area (Å²) in [5.74, 6) is 0.957. The van der Waals surface area contributed by atoms with Crippen LogP contribution in [0.15, 0.2) is 114 Å². The fraction of sp³-hybridized carbons (Fsp3) is 0.0667. The number of methoxy groups -OCH3 is 1. The van der Waals surface area contributed by atoms with Crippen molar-refractivity contribution in [3.63, 3.8) is 0 Å². The zero-order chi connectivity index (χ0) is 24.0. The van der Waals surface area contributed by atoms with Crippen molar-refractivity contribution < 1.29 is 13.9 Å². The van der Waals surface area contributed by atoms with Crippen molar-refractivity contribution in [2.45, 2.75) is 0 Å². The SMILES string of the molecule is COC(=O)CNc1cccc(-c2ccccc2-c2nc(-c3ccccc3)c(-c3ccccc3)o2)c1. The van der Waals surface area contributed by atoms with Gasteiger partial charge in [-0.25, -0.2) is 4.98 Å². The minimum atomic E-state index is -0.322. The number of aromatic nitrogens is 1. The molecular formula is C30H24N2O3. The third kappa shape index (κ3) is 4.84. The molecule has 0 aliphatic heterocycles. The predicted octanol–water partition coefficient (Wildman–Crippen LogP) is 6.93. The van der Waals surface area contributed by atoms with Gasteiger partial charge in [0.25, 0.3) is 0 Å². The molecule has 35 heavy (non-hydrogen) atoms. The average molecular weight is 461 g/mol. The van der Waals surface area contributed by atoms with Crippen molar-refractivity contribution >= 4 is 11.7 Å². The second kappa shape index (κ2) is 10.1. The van der Waals surface area contributed by atoms with E-state index in [2.05, 4.69) is 5.32 Å². The lowest BCUT2D eigenvalue weighted by Crippen LogP contribution is -2.14. The molecule has 5 nitrogen and oxygen atoms in total. The number of carbonyl (C=O) groups is 1. The number of esters is 1. The Labute approximate surface area is 204 Å². The fourth-order valence-electron chi connectivity index (χ4n) is 3.98. The Balaban J connectivity index is 1.59. The number of hydrogen-bond donors (Lipinski definition) is 1. The van der Waals surface area contributed by atoms with E-state index < -0.39 is 0 Å². The number of anilines is 1. The first kappa shape index (κ1) is 22.2. The highest BCUT2D eigenvalue weighted by Crippen LogP contribution is 2.39.